The van der Waals surface area contributed by atoms with Gasteiger partial charge >= 0.3 is 0 Å². The van der Waals surface area contributed by atoms with Crippen LogP contribution >= 0.6 is 0 Å². The molecule has 7 heteroatoms. The summed E-state index contributed by atoms with van der Waals surface area (Å²) in [4.78, 5) is 0. The van der Waals surface area contributed by atoms with E-state index in [9.17, 15) is 9.50 Å². The molecule has 0 amide bonds. The fourth-order valence-corrected chi connectivity index (χ4v) is 2.65. The number of hydrogen-bond acceptors (Lipinski definition) is 5. The lowest BCUT2D eigenvalue weighted by molar-refractivity contribution is -0.0353. The first-order chi connectivity index (χ1) is 10.7. The van der Waals surface area contributed by atoms with Gasteiger partial charge in [0.1, 0.15) is 24.6 Å². The summed E-state index contributed by atoms with van der Waals surface area (Å²) in [5.74, 6) is 0. The van der Waals surface area contributed by atoms with E-state index in [2.05, 4.69) is 10.3 Å². The van der Waals surface area contributed by atoms with Crippen molar-refractivity contribution in [3.63, 3.8) is 0 Å². The highest BCUT2D eigenvalue weighted by molar-refractivity contribution is 5.35. The lowest BCUT2D eigenvalue weighted by atomic mass is 10.1. The number of aliphatic hydroxyl groups excluding tert-OH is 1. The smallest absolute Gasteiger partial charge is 0.115 e. The minimum Gasteiger partial charge on any atom is -0.394 e. The molecular weight excluding hydrogens is 288 g/mol. The van der Waals surface area contributed by atoms with E-state index in [-0.39, 0.29) is 24.9 Å². The second-order valence-corrected chi connectivity index (χ2v) is 5.25. The van der Waals surface area contributed by atoms with Crippen molar-refractivity contribution in [3.8, 4) is 5.69 Å². The fourth-order valence-electron chi connectivity index (χ4n) is 2.65. The van der Waals surface area contributed by atoms with E-state index in [1.807, 2.05) is 6.07 Å². The lowest BCUT2D eigenvalue weighted by Crippen LogP contribution is -2.26. The Hall–Kier alpha value is -1.83. The number of alkyl halides is 1. The van der Waals surface area contributed by atoms with Gasteiger partial charge in [0.2, 0.25) is 0 Å². The summed E-state index contributed by atoms with van der Waals surface area (Å²) in [7, 11) is 1.60. The highest BCUT2D eigenvalue weighted by Crippen LogP contribution is 2.33. The van der Waals surface area contributed by atoms with Crippen molar-refractivity contribution in [1.82, 2.24) is 15.0 Å². The number of hydrogen-bond donors (Lipinski definition) is 1. The summed E-state index contributed by atoms with van der Waals surface area (Å²) >= 11 is 0. The van der Waals surface area contributed by atoms with Crippen molar-refractivity contribution < 1.29 is 19.0 Å². The van der Waals surface area contributed by atoms with E-state index < -0.39 is 6.67 Å². The number of aromatic nitrogens is 3. The van der Waals surface area contributed by atoms with Gasteiger partial charge in [0, 0.05) is 13.5 Å². The first kappa shape index (κ1) is 15.1. The summed E-state index contributed by atoms with van der Waals surface area (Å²) in [5, 5.41) is 17.5. The van der Waals surface area contributed by atoms with Crippen molar-refractivity contribution in [3.05, 3.63) is 41.7 Å². The average molecular weight is 306 g/mol. The van der Waals surface area contributed by atoms with Crippen molar-refractivity contribution >= 4 is 0 Å². The highest BCUT2D eigenvalue weighted by atomic mass is 18.2. The number of benzene rings is 1. The quantitative estimate of drug-likeness (QED) is 0.908. The molecule has 1 fully saturated rings. The first-order valence-electron chi connectivity index (χ1n) is 7.11. The molecule has 22 heavy (non-hydrogen) atoms. The third-order valence-electron chi connectivity index (χ3n) is 3.85. The third kappa shape index (κ3) is 2.87. The molecule has 6 nitrogen and oxygen atoms in total. The molecule has 2 aromatic rings. The Kier molecular flexibility index (Phi) is 4.47. The van der Waals surface area contributed by atoms with Gasteiger partial charge in [0.25, 0.3) is 0 Å². The molecule has 0 bridgehead atoms. The maximum atomic E-state index is 12.7. The van der Waals surface area contributed by atoms with Gasteiger partial charge in [-0.1, -0.05) is 17.3 Å². The minimum absolute atomic E-state index is 0.0955. The Morgan fingerprint density at radius 2 is 2.36 bits per heavy atom. The number of rotatable bonds is 5. The summed E-state index contributed by atoms with van der Waals surface area (Å²) in [6.07, 6.45) is 1.60. The van der Waals surface area contributed by atoms with Gasteiger partial charge < -0.3 is 14.6 Å². The molecular formula is C15H18FN3O3. The Morgan fingerprint density at radius 3 is 3.05 bits per heavy atom. The summed E-state index contributed by atoms with van der Waals surface area (Å²) in [6, 6.07) is 7.06. The van der Waals surface area contributed by atoms with Crippen LogP contribution in [-0.2, 0) is 16.1 Å². The van der Waals surface area contributed by atoms with Crippen LogP contribution in [0.15, 0.2) is 30.5 Å². The second kappa shape index (κ2) is 6.51. The number of aliphatic hydroxyl groups is 1. The van der Waals surface area contributed by atoms with Crippen LogP contribution in [0.2, 0.25) is 0 Å². The molecule has 1 aliphatic rings. The molecule has 3 rings (SSSR count). The van der Waals surface area contributed by atoms with Crippen LogP contribution in [-0.4, -0.2) is 46.0 Å². The number of nitrogens with zero attached hydrogens (tertiary/aromatic N) is 3. The Labute approximate surface area is 127 Å². The summed E-state index contributed by atoms with van der Waals surface area (Å²) < 4.78 is 25.4. The van der Waals surface area contributed by atoms with E-state index in [0.717, 1.165) is 5.69 Å². The van der Waals surface area contributed by atoms with Gasteiger partial charge in [-0.05, 0) is 17.7 Å². The monoisotopic (exact) mass is 306 g/mol. The topological polar surface area (TPSA) is 69.4 Å². The molecule has 1 saturated heterocycles. The molecule has 118 valence electrons. The zero-order chi connectivity index (χ0) is 15.5. The van der Waals surface area contributed by atoms with E-state index in [4.69, 9.17) is 9.47 Å². The van der Waals surface area contributed by atoms with Crippen molar-refractivity contribution in [2.24, 2.45) is 0 Å². The van der Waals surface area contributed by atoms with Gasteiger partial charge in [-0.2, -0.15) is 0 Å². The van der Waals surface area contributed by atoms with Gasteiger partial charge in [-0.15, -0.1) is 5.10 Å². The second-order valence-electron chi connectivity index (χ2n) is 5.25. The van der Waals surface area contributed by atoms with E-state index in [0.29, 0.717) is 17.7 Å². The Bertz CT molecular complexity index is 622. The molecule has 3 atom stereocenters. The largest absolute Gasteiger partial charge is 0.394 e. The van der Waals surface area contributed by atoms with Crippen LogP contribution in [0, 0.1) is 0 Å². The third-order valence-corrected chi connectivity index (χ3v) is 3.85. The molecule has 0 spiro atoms. The molecule has 1 aromatic heterocycles. The number of methoxy groups -OCH3 is 1. The molecule has 2 heterocycles. The molecule has 1 aliphatic heterocycles. The van der Waals surface area contributed by atoms with E-state index >= 15 is 0 Å². The Morgan fingerprint density at radius 1 is 1.50 bits per heavy atom. The van der Waals surface area contributed by atoms with E-state index in [1.165, 1.54) is 0 Å². The summed E-state index contributed by atoms with van der Waals surface area (Å²) in [6.45, 7) is -0.615. The minimum atomic E-state index is -0.519. The average Bonchev–Trinajstić information content (AvgIpc) is 3.21. The van der Waals surface area contributed by atoms with Crippen molar-refractivity contribution in [1.29, 1.82) is 0 Å². The van der Waals surface area contributed by atoms with Gasteiger partial charge in [0.05, 0.1) is 24.6 Å². The van der Waals surface area contributed by atoms with Crippen LogP contribution in [0.5, 0.6) is 0 Å². The van der Waals surface area contributed by atoms with Gasteiger partial charge in [-0.25, -0.2) is 9.07 Å². The number of ether oxygens (including phenoxy) is 2. The molecule has 0 aliphatic carbocycles. The van der Waals surface area contributed by atoms with Crippen molar-refractivity contribution in [2.75, 3.05) is 13.7 Å². The van der Waals surface area contributed by atoms with Gasteiger partial charge in [0.15, 0.2) is 0 Å². The predicted molar refractivity (Wildman–Crippen MR) is 76.3 cm³/mol. The molecule has 1 unspecified atom stereocenters. The van der Waals surface area contributed by atoms with E-state index in [1.54, 1.807) is 36.2 Å². The normalized spacial score (nSPS) is 24.8. The predicted octanol–water partition coefficient (Wildman–Crippen LogP) is 1.57. The van der Waals surface area contributed by atoms with Crippen molar-refractivity contribution in [2.45, 2.75) is 31.4 Å². The van der Waals surface area contributed by atoms with Gasteiger partial charge in [-0.3, -0.25) is 0 Å². The van der Waals surface area contributed by atoms with Crippen LogP contribution in [0.25, 0.3) is 5.69 Å². The summed E-state index contributed by atoms with van der Waals surface area (Å²) in [5.41, 5.74) is 2.00. The number of halogens is 1. The van der Waals surface area contributed by atoms with Crippen LogP contribution in [0.3, 0.4) is 0 Å². The van der Waals surface area contributed by atoms with Crippen LogP contribution in [0.1, 0.15) is 23.8 Å². The Balaban J connectivity index is 1.79. The molecule has 0 saturated carbocycles. The standard InChI is InChI=1S/C15H18FN3O3/c1-21-14-6-13(22-15(14)9-20)12-8-19(18-17-12)11-4-2-3-10(5-11)7-16/h2-5,8,13-15,20H,6-7,9H2,1H3/t13-,14?,15-/m1/s1/i16-1. The van der Waals surface area contributed by atoms with Crippen LogP contribution < -0.4 is 0 Å². The maximum absolute atomic E-state index is 12.7. The lowest BCUT2D eigenvalue weighted by Gasteiger charge is -2.13. The maximum Gasteiger partial charge on any atom is 0.115 e. The first-order valence-corrected chi connectivity index (χ1v) is 7.11. The molecule has 1 aromatic carbocycles. The fraction of sp³-hybridized carbons (Fsp3) is 0.467. The zero-order valence-corrected chi connectivity index (χ0v) is 12.2. The zero-order valence-electron chi connectivity index (χ0n) is 12.2. The molecule has 1 N–H and O–H groups in total. The molecule has 0 radical (unpaired) electrons. The van der Waals surface area contributed by atoms with Crippen LogP contribution in [0.4, 0.5) is 4.39 Å². The highest BCUT2D eigenvalue weighted by Gasteiger charge is 2.37. The SMILES string of the molecule is COC1C[C@H](c2cn(-c3cccc(C[18F])c3)nn2)O[C@@H]1CO.